The van der Waals surface area contributed by atoms with Crippen molar-refractivity contribution in [1.82, 2.24) is 15.6 Å². The molecule has 2 fully saturated rings. The van der Waals surface area contributed by atoms with E-state index < -0.39 is 123 Å². The van der Waals surface area contributed by atoms with Crippen molar-refractivity contribution in [2.45, 2.75) is 120 Å². The molecule has 0 aromatic heterocycles. The zero-order valence-corrected chi connectivity index (χ0v) is 45.6. The van der Waals surface area contributed by atoms with E-state index in [1.54, 1.807) is 75.4 Å². The summed E-state index contributed by atoms with van der Waals surface area (Å²) in [5.41, 5.74) is 1.99. The summed E-state index contributed by atoms with van der Waals surface area (Å²) in [5, 5.41) is 41.7. The van der Waals surface area contributed by atoms with Gasteiger partial charge in [-0.1, -0.05) is 79.1 Å². The Labute approximate surface area is 461 Å². The van der Waals surface area contributed by atoms with Crippen molar-refractivity contribution in [2.75, 3.05) is 30.4 Å². The molecule has 6 amide bonds. The van der Waals surface area contributed by atoms with Gasteiger partial charge in [0.05, 0.1) is 54.1 Å². The number of carbonyl (C=O) groups is 7. The number of amides is 6. The highest BCUT2D eigenvalue weighted by molar-refractivity contribution is 7.86. The summed E-state index contributed by atoms with van der Waals surface area (Å²) >= 11 is 6.77. The van der Waals surface area contributed by atoms with Gasteiger partial charge in [-0.3, -0.25) is 43.5 Å². The Balaban J connectivity index is 1.02. The van der Waals surface area contributed by atoms with Gasteiger partial charge < -0.3 is 39.7 Å². The van der Waals surface area contributed by atoms with Gasteiger partial charge in [0.25, 0.3) is 27.8 Å². The van der Waals surface area contributed by atoms with Crippen LogP contribution < -0.4 is 21.0 Å². The fourth-order valence-electron chi connectivity index (χ4n) is 9.79. The zero-order valence-electron chi connectivity index (χ0n) is 44.1. The summed E-state index contributed by atoms with van der Waals surface area (Å²) in [6, 6.07) is 13.2. The van der Waals surface area contributed by atoms with Crippen molar-refractivity contribution < 1.29 is 76.1 Å². The first-order valence-corrected chi connectivity index (χ1v) is 27.3. The van der Waals surface area contributed by atoms with E-state index in [0.717, 1.165) is 22.6 Å². The van der Waals surface area contributed by atoms with Crippen LogP contribution in [0.5, 0.6) is 0 Å². The van der Waals surface area contributed by atoms with Gasteiger partial charge in [-0.05, 0) is 86.6 Å². The summed E-state index contributed by atoms with van der Waals surface area (Å²) in [4.78, 5) is 92.2. The van der Waals surface area contributed by atoms with Gasteiger partial charge in [-0.15, -0.1) is 0 Å². The average molecular weight is 1130 g/mol. The van der Waals surface area contributed by atoms with E-state index in [1.165, 1.54) is 30.2 Å². The molecule has 4 heterocycles. The van der Waals surface area contributed by atoms with Crippen LogP contribution in [0.2, 0.25) is 5.02 Å². The molecule has 0 unspecified atom stereocenters. The van der Waals surface area contributed by atoms with Crippen LogP contribution in [-0.4, -0.2) is 130 Å². The molecule has 0 spiro atoms. The number of hydrazone groups is 1. The lowest BCUT2D eigenvalue weighted by molar-refractivity contribution is -0.153. The third-order valence-electron chi connectivity index (χ3n) is 14.4. The molecule has 422 valence electrons. The first-order valence-electron chi connectivity index (χ1n) is 25.4. The highest BCUT2D eigenvalue weighted by Crippen LogP contribution is 2.49. The minimum atomic E-state index is -4.99. The molecule has 3 aromatic carbocycles. The molecule has 79 heavy (non-hydrogen) atoms. The second-order valence-corrected chi connectivity index (χ2v) is 22.0. The first-order chi connectivity index (χ1) is 37.3. The molecule has 4 bridgehead atoms. The summed E-state index contributed by atoms with van der Waals surface area (Å²) in [7, 11) is -3.47. The van der Waals surface area contributed by atoms with Crippen LogP contribution in [-0.2, 0) is 67.7 Å². The first kappa shape index (κ1) is 59.5. The number of allylic oxidation sites excluding steroid dienone is 3. The third kappa shape index (κ3) is 14.4. The molecular weight excluding hydrogens is 1070 g/mol. The number of carbonyl (C=O) groups excluding carboxylic acids is 7. The zero-order chi connectivity index (χ0) is 57.6. The van der Waals surface area contributed by atoms with E-state index in [-0.39, 0.29) is 42.2 Å². The standard InChI is InChI=1S/C55H63ClN6O16S/c1-31-10-9-11-38(30-64)55(72)28-42(76-53(71)58-55)32(2)51-54(4,78-51)44(27-48(68)61(5)41-24-35(22-31)23-37(29-63)50(41)56)77-49(69)25-34-13-15-36(16-14-34)33(3)59-60-52(70)40-18-17-39(26-43(40)79(73,74)75)57-45(65)12-7-6-8-21-62-46(66)19-20-47(62)67/h9-11,13-20,23-24,26,32,38,42,44,51,63-64,72H,6-8,12,21-22,25,27-30H2,1-5H3,(H,57,65)(H,58,71)(H,60,70)(H,73,74,75)/b11-9+,31-10+,59-33+/t32-,38+,42+,44+,51+,54+,55+/m1/s1. The van der Waals surface area contributed by atoms with Crippen molar-refractivity contribution >= 4 is 80.4 Å². The third-order valence-corrected chi connectivity index (χ3v) is 15.8. The van der Waals surface area contributed by atoms with Gasteiger partial charge >= 0.3 is 12.1 Å². The number of esters is 1. The van der Waals surface area contributed by atoms with Crippen LogP contribution in [0, 0.1) is 11.8 Å². The number of hydrogen-bond acceptors (Lipinski definition) is 16. The molecule has 0 radical (unpaired) electrons. The van der Waals surface area contributed by atoms with Crippen LogP contribution in [0.25, 0.3) is 0 Å². The molecule has 7 N–H and O–H groups in total. The number of halogens is 1. The molecule has 22 nitrogen and oxygen atoms in total. The predicted octanol–water partition coefficient (Wildman–Crippen LogP) is 4.81. The van der Waals surface area contributed by atoms with Gasteiger partial charge in [0.1, 0.15) is 22.7 Å². The van der Waals surface area contributed by atoms with E-state index in [2.05, 4.69) is 21.2 Å². The minimum absolute atomic E-state index is 0.00979. The van der Waals surface area contributed by atoms with Gasteiger partial charge in [0.15, 0.2) is 5.72 Å². The molecule has 7 atom stereocenters. The number of hydrogen-bond donors (Lipinski definition) is 7. The van der Waals surface area contributed by atoms with E-state index >= 15 is 0 Å². The van der Waals surface area contributed by atoms with E-state index in [0.29, 0.717) is 53.6 Å². The van der Waals surface area contributed by atoms with Crippen molar-refractivity contribution in [3.8, 4) is 0 Å². The Morgan fingerprint density at radius 1 is 1.00 bits per heavy atom. The lowest BCUT2D eigenvalue weighted by atomic mass is 9.81. The molecule has 4 aliphatic heterocycles. The number of fused-ring (bicyclic) bond motifs is 5. The maximum absolute atomic E-state index is 14.3. The van der Waals surface area contributed by atoms with Crippen molar-refractivity contribution in [3.63, 3.8) is 0 Å². The number of rotatable bonds is 16. The number of unbranched alkanes of at least 4 members (excludes halogenated alkanes) is 2. The van der Waals surface area contributed by atoms with Gasteiger partial charge in [0, 0.05) is 56.1 Å². The molecule has 0 aliphatic carbocycles. The number of nitrogens with zero attached hydrogens (tertiary/aromatic N) is 3. The maximum Gasteiger partial charge on any atom is 0.409 e. The number of alkyl carbamates (subject to hydrolysis) is 1. The van der Waals surface area contributed by atoms with Crippen LogP contribution in [0.4, 0.5) is 16.2 Å². The average Bonchev–Trinajstić information content (AvgIpc) is 4.24. The van der Waals surface area contributed by atoms with E-state index in [9.17, 15) is 61.9 Å². The predicted molar refractivity (Wildman–Crippen MR) is 287 cm³/mol. The second kappa shape index (κ2) is 24.9. The van der Waals surface area contributed by atoms with Crippen LogP contribution in [0.3, 0.4) is 0 Å². The van der Waals surface area contributed by atoms with Gasteiger partial charge in [0.2, 0.25) is 11.8 Å². The van der Waals surface area contributed by atoms with Crippen molar-refractivity contribution in [2.24, 2.45) is 16.9 Å². The summed E-state index contributed by atoms with van der Waals surface area (Å²) < 4.78 is 52.9. The SMILES string of the molecule is C/C1=C\C=C\[C@@H](CO)[C@@]2(O)C[C@H](OC(=O)N2)[C@@H](C)[C@@H]2O[C@@]2(C)[C@@H](OC(=O)Cc2ccc(/C(C)=N/NC(=O)c3ccc(NC(=O)CCCCCN4C(=O)C=CC4=O)cc3S(=O)(=O)O)cc2)CC(=O)N(C)c2cc(cc(CO)c2Cl)C1. The van der Waals surface area contributed by atoms with E-state index in [1.807, 2.05) is 6.92 Å². The molecule has 7 rings (SSSR count). The summed E-state index contributed by atoms with van der Waals surface area (Å²) in [6.45, 7) is 6.07. The van der Waals surface area contributed by atoms with Crippen molar-refractivity contribution in [1.29, 1.82) is 0 Å². The van der Waals surface area contributed by atoms with E-state index in [4.69, 9.17) is 25.8 Å². The Kier molecular flexibility index (Phi) is 18.8. The van der Waals surface area contributed by atoms with Gasteiger partial charge in [-0.2, -0.15) is 13.5 Å². The monoisotopic (exact) mass is 1130 g/mol. The smallest absolute Gasteiger partial charge is 0.409 e. The highest BCUT2D eigenvalue weighted by atomic mass is 35.5. The molecule has 3 aromatic rings. The quantitative estimate of drug-likeness (QED) is 0.0192. The van der Waals surface area contributed by atoms with Crippen LogP contribution in [0.15, 0.2) is 101 Å². The Bertz CT molecular complexity index is 3130. The second-order valence-electron chi connectivity index (χ2n) is 20.2. The largest absolute Gasteiger partial charge is 0.458 e. The lowest BCUT2D eigenvalue weighted by Gasteiger charge is -2.42. The van der Waals surface area contributed by atoms with Crippen LogP contribution in [0.1, 0.15) is 98.8 Å². The Hall–Kier alpha value is -7.12. The molecule has 24 heteroatoms. The number of anilines is 2. The minimum Gasteiger partial charge on any atom is -0.458 e. The number of ether oxygens (including phenoxy) is 3. The summed E-state index contributed by atoms with van der Waals surface area (Å²) in [5.74, 6) is -5.10. The fourth-order valence-corrected chi connectivity index (χ4v) is 10.8. The van der Waals surface area contributed by atoms with Crippen LogP contribution >= 0.6 is 11.6 Å². The molecule has 2 saturated heterocycles. The number of imide groups is 1. The molecule has 0 saturated carbocycles. The maximum atomic E-state index is 14.3. The van der Waals surface area contributed by atoms with Crippen molar-refractivity contribution in [3.05, 3.63) is 123 Å². The number of nitrogens with one attached hydrogen (secondary N) is 3. The number of aliphatic hydroxyl groups is 3. The molecular formula is C55H63ClN6O16S. The Morgan fingerprint density at radius 2 is 1.71 bits per heavy atom. The lowest BCUT2D eigenvalue weighted by Crippen LogP contribution is -2.62. The number of epoxide rings is 1. The highest BCUT2D eigenvalue weighted by Gasteiger charge is 2.64. The number of aliphatic hydroxyl groups excluding tert-OH is 2. The molecule has 4 aliphatic rings. The fraction of sp³-hybridized carbons (Fsp3) is 0.418. The number of benzene rings is 3. The Morgan fingerprint density at radius 3 is 2.38 bits per heavy atom. The topological polar surface area (TPSA) is 320 Å². The summed E-state index contributed by atoms with van der Waals surface area (Å²) in [6.07, 6.45) is 4.52. The normalized spacial score (nSPS) is 25.6. The van der Waals surface area contributed by atoms with Gasteiger partial charge in [-0.25, -0.2) is 10.2 Å².